The second-order valence-electron chi connectivity index (χ2n) is 3.87. The Bertz CT molecular complexity index is 414. The van der Waals surface area contributed by atoms with Crippen molar-refractivity contribution in [3.05, 3.63) is 17.0 Å². The van der Waals surface area contributed by atoms with Crippen molar-refractivity contribution in [2.45, 2.75) is 19.4 Å². The topological polar surface area (TPSA) is 55.3 Å². The summed E-state index contributed by atoms with van der Waals surface area (Å²) in [5.74, 6) is 0.599. The van der Waals surface area contributed by atoms with Gasteiger partial charge in [0.1, 0.15) is 17.3 Å². The Balaban J connectivity index is 2.27. The van der Waals surface area contributed by atoms with E-state index in [0.717, 1.165) is 13.0 Å². The highest BCUT2D eigenvalue weighted by atomic mass is 35.5. The SMILES string of the molecule is CCC1CN(c2ncnc(Cl)c2C=O)CCO1. The molecule has 0 bridgehead atoms. The molecule has 0 aromatic carbocycles. The lowest BCUT2D eigenvalue weighted by molar-refractivity contribution is 0.0381. The van der Waals surface area contributed by atoms with Crippen molar-refractivity contribution in [3.8, 4) is 0 Å². The Morgan fingerprint density at radius 3 is 3.18 bits per heavy atom. The highest BCUT2D eigenvalue weighted by Crippen LogP contribution is 2.23. The van der Waals surface area contributed by atoms with Crippen LogP contribution in [0.1, 0.15) is 23.7 Å². The quantitative estimate of drug-likeness (QED) is 0.606. The van der Waals surface area contributed by atoms with E-state index in [1.54, 1.807) is 0 Å². The number of aldehydes is 1. The maximum atomic E-state index is 11.0. The molecule has 0 spiro atoms. The molecule has 0 radical (unpaired) electrons. The van der Waals surface area contributed by atoms with Crippen molar-refractivity contribution < 1.29 is 9.53 Å². The number of rotatable bonds is 3. The molecule has 1 fully saturated rings. The van der Waals surface area contributed by atoms with Crippen LogP contribution in [0, 0.1) is 0 Å². The fraction of sp³-hybridized carbons (Fsp3) is 0.545. The van der Waals surface area contributed by atoms with E-state index in [0.29, 0.717) is 30.8 Å². The number of anilines is 1. The largest absolute Gasteiger partial charge is 0.375 e. The molecule has 6 heteroatoms. The minimum absolute atomic E-state index is 0.178. The fourth-order valence-corrected chi connectivity index (χ4v) is 2.05. The van der Waals surface area contributed by atoms with E-state index in [-0.39, 0.29) is 11.3 Å². The molecule has 1 aliphatic heterocycles. The molecule has 0 saturated carbocycles. The summed E-state index contributed by atoms with van der Waals surface area (Å²) in [5, 5.41) is 0.199. The molecule has 5 nitrogen and oxygen atoms in total. The number of morpholine rings is 1. The maximum absolute atomic E-state index is 11.0. The van der Waals surface area contributed by atoms with Crippen LogP contribution in [0.4, 0.5) is 5.82 Å². The highest BCUT2D eigenvalue weighted by molar-refractivity contribution is 6.32. The average Bonchev–Trinajstić information content (AvgIpc) is 2.38. The van der Waals surface area contributed by atoms with Gasteiger partial charge in [-0.3, -0.25) is 4.79 Å². The molecule has 0 aliphatic carbocycles. The van der Waals surface area contributed by atoms with Gasteiger partial charge >= 0.3 is 0 Å². The molecular formula is C11H14ClN3O2. The predicted molar refractivity (Wildman–Crippen MR) is 64.7 cm³/mol. The number of aromatic nitrogens is 2. The van der Waals surface area contributed by atoms with Gasteiger partial charge in [0.15, 0.2) is 6.29 Å². The zero-order valence-corrected chi connectivity index (χ0v) is 10.4. The van der Waals surface area contributed by atoms with Crippen LogP contribution in [-0.2, 0) is 4.74 Å². The van der Waals surface area contributed by atoms with E-state index in [4.69, 9.17) is 16.3 Å². The monoisotopic (exact) mass is 255 g/mol. The van der Waals surface area contributed by atoms with Crippen LogP contribution in [0.3, 0.4) is 0 Å². The molecule has 2 rings (SSSR count). The van der Waals surface area contributed by atoms with Gasteiger partial charge in [-0.05, 0) is 6.42 Å². The van der Waals surface area contributed by atoms with Gasteiger partial charge in [0.05, 0.1) is 18.3 Å². The van der Waals surface area contributed by atoms with E-state index in [1.807, 2.05) is 4.90 Å². The third-order valence-corrected chi connectivity index (χ3v) is 3.13. The van der Waals surface area contributed by atoms with E-state index in [2.05, 4.69) is 16.9 Å². The summed E-state index contributed by atoms with van der Waals surface area (Å²) < 4.78 is 5.58. The molecule has 1 aromatic rings. The van der Waals surface area contributed by atoms with Crippen molar-refractivity contribution in [1.82, 2.24) is 9.97 Å². The summed E-state index contributed by atoms with van der Waals surface area (Å²) in [6.07, 6.45) is 3.19. The number of ether oxygens (including phenoxy) is 1. The van der Waals surface area contributed by atoms with Gasteiger partial charge in [0, 0.05) is 13.1 Å². The summed E-state index contributed by atoms with van der Waals surface area (Å²) in [6.45, 7) is 4.15. The van der Waals surface area contributed by atoms with Crippen molar-refractivity contribution in [1.29, 1.82) is 0 Å². The molecule has 1 saturated heterocycles. The van der Waals surface area contributed by atoms with Crippen molar-refractivity contribution in [2.24, 2.45) is 0 Å². The zero-order chi connectivity index (χ0) is 12.3. The van der Waals surface area contributed by atoms with Gasteiger partial charge in [0.2, 0.25) is 0 Å². The zero-order valence-electron chi connectivity index (χ0n) is 9.60. The van der Waals surface area contributed by atoms with Gasteiger partial charge in [-0.15, -0.1) is 0 Å². The maximum Gasteiger partial charge on any atom is 0.156 e. The minimum atomic E-state index is 0.178. The lowest BCUT2D eigenvalue weighted by atomic mass is 10.2. The number of carbonyl (C=O) groups excluding carboxylic acids is 1. The van der Waals surface area contributed by atoms with Gasteiger partial charge < -0.3 is 9.64 Å². The van der Waals surface area contributed by atoms with Crippen molar-refractivity contribution in [3.63, 3.8) is 0 Å². The molecule has 1 aromatic heterocycles. The molecule has 1 atom stereocenters. The summed E-state index contributed by atoms with van der Waals surface area (Å²) >= 11 is 5.88. The van der Waals surface area contributed by atoms with Crippen LogP contribution in [0.25, 0.3) is 0 Å². The molecule has 1 unspecified atom stereocenters. The van der Waals surface area contributed by atoms with Gasteiger partial charge in [-0.1, -0.05) is 18.5 Å². The second-order valence-corrected chi connectivity index (χ2v) is 4.22. The van der Waals surface area contributed by atoms with Crippen LogP contribution >= 0.6 is 11.6 Å². The van der Waals surface area contributed by atoms with Crippen LogP contribution in [0.2, 0.25) is 5.15 Å². The fourth-order valence-electron chi connectivity index (χ4n) is 1.88. The molecule has 0 amide bonds. The van der Waals surface area contributed by atoms with Gasteiger partial charge in [-0.25, -0.2) is 9.97 Å². The van der Waals surface area contributed by atoms with E-state index < -0.39 is 0 Å². The summed E-state index contributed by atoms with van der Waals surface area (Å²) in [7, 11) is 0. The Morgan fingerprint density at radius 1 is 1.65 bits per heavy atom. The van der Waals surface area contributed by atoms with Crippen LogP contribution < -0.4 is 4.90 Å². The minimum Gasteiger partial charge on any atom is -0.375 e. The summed E-state index contributed by atoms with van der Waals surface area (Å²) in [5.41, 5.74) is 0.353. The molecule has 0 N–H and O–H groups in total. The first-order valence-electron chi connectivity index (χ1n) is 5.58. The predicted octanol–water partition coefficient (Wildman–Crippen LogP) is 1.56. The Kier molecular flexibility index (Phi) is 3.91. The number of halogens is 1. The molecule has 1 aliphatic rings. The first-order valence-corrected chi connectivity index (χ1v) is 5.96. The third kappa shape index (κ3) is 2.56. The summed E-state index contributed by atoms with van der Waals surface area (Å²) in [4.78, 5) is 21.0. The lowest BCUT2D eigenvalue weighted by Crippen LogP contribution is -2.43. The Hall–Kier alpha value is -1.20. The van der Waals surface area contributed by atoms with Crippen LogP contribution in [-0.4, -0.2) is 42.1 Å². The average molecular weight is 256 g/mol. The number of hydrogen-bond donors (Lipinski definition) is 0. The van der Waals surface area contributed by atoms with Gasteiger partial charge in [-0.2, -0.15) is 0 Å². The summed E-state index contributed by atoms with van der Waals surface area (Å²) in [6, 6.07) is 0. The molecular weight excluding hydrogens is 242 g/mol. The van der Waals surface area contributed by atoms with Crippen molar-refractivity contribution in [2.75, 3.05) is 24.6 Å². The van der Waals surface area contributed by atoms with Crippen molar-refractivity contribution >= 4 is 23.7 Å². The first-order chi connectivity index (χ1) is 8.26. The van der Waals surface area contributed by atoms with E-state index in [1.165, 1.54) is 6.33 Å². The molecule has 17 heavy (non-hydrogen) atoms. The molecule has 2 heterocycles. The second kappa shape index (κ2) is 5.42. The smallest absolute Gasteiger partial charge is 0.156 e. The normalized spacial score (nSPS) is 20.4. The Labute approximate surface area is 105 Å². The lowest BCUT2D eigenvalue weighted by Gasteiger charge is -2.33. The number of hydrogen-bond acceptors (Lipinski definition) is 5. The van der Waals surface area contributed by atoms with E-state index >= 15 is 0 Å². The standard InChI is InChI=1S/C11H14ClN3O2/c1-2-8-5-15(3-4-17-8)11-9(6-16)10(12)13-7-14-11/h6-8H,2-5H2,1H3. The first kappa shape index (κ1) is 12.3. The third-order valence-electron chi connectivity index (χ3n) is 2.83. The number of nitrogens with zero attached hydrogens (tertiary/aromatic N) is 3. The Morgan fingerprint density at radius 2 is 2.47 bits per heavy atom. The van der Waals surface area contributed by atoms with Crippen LogP contribution in [0.5, 0.6) is 0 Å². The van der Waals surface area contributed by atoms with Gasteiger partial charge in [0.25, 0.3) is 0 Å². The highest BCUT2D eigenvalue weighted by Gasteiger charge is 2.23. The van der Waals surface area contributed by atoms with Crippen LogP contribution in [0.15, 0.2) is 6.33 Å². The van der Waals surface area contributed by atoms with E-state index in [9.17, 15) is 4.79 Å². The number of carbonyl (C=O) groups is 1. The molecule has 92 valence electrons.